The Morgan fingerprint density at radius 2 is 1.69 bits per heavy atom. The van der Waals surface area contributed by atoms with Gasteiger partial charge in [-0.1, -0.05) is 0 Å². The zero-order chi connectivity index (χ0) is 9.94. The molecule has 0 saturated heterocycles. The fourth-order valence-electron chi connectivity index (χ4n) is 0.479. The van der Waals surface area contributed by atoms with E-state index in [1.807, 2.05) is 0 Å². The first-order valence-electron chi connectivity index (χ1n) is 2.66. The molecule has 72 valence electrons. The van der Waals surface area contributed by atoms with Gasteiger partial charge in [0.15, 0.2) is 5.25 Å². The maximum atomic E-state index is 10.2. The van der Waals surface area contributed by atoms with Crippen molar-refractivity contribution in [2.45, 2.75) is 11.7 Å². The summed E-state index contributed by atoms with van der Waals surface area (Å²) in [6.07, 6.45) is -1.16. The summed E-state index contributed by atoms with van der Waals surface area (Å²) in [5.74, 6) is -3.50. The van der Waals surface area contributed by atoms with E-state index in [9.17, 15) is 18.0 Å². The van der Waals surface area contributed by atoms with Crippen molar-refractivity contribution in [3.63, 3.8) is 0 Å². The second-order valence-corrected chi connectivity index (χ2v) is 3.54. The molecule has 0 fully saturated rings. The fraction of sp³-hybridized carbons (Fsp3) is 0.500. The molecule has 0 radical (unpaired) electrons. The minimum atomic E-state index is -4.84. The summed E-state index contributed by atoms with van der Waals surface area (Å²) in [5.41, 5.74) is 0. The van der Waals surface area contributed by atoms with E-state index in [0.29, 0.717) is 0 Å². The minimum Gasteiger partial charge on any atom is -1.00 e. The van der Waals surface area contributed by atoms with Crippen LogP contribution in [0.3, 0.4) is 0 Å². The number of carboxylic acids is 2. The molecular formula is C4H7NaO7S. The van der Waals surface area contributed by atoms with E-state index >= 15 is 0 Å². The van der Waals surface area contributed by atoms with Crippen LogP contribution in [-0.2, 0) is 19.7 Å². The van der Waals surface area contributed by atoms with Gasteiger partial charge in [-0.2, -0.15) is 8.42 Å². The van der Waals surface area contributed by atoms with Crippen molar-refractivity contribution in [3.05, 3.63) is 0 Å². The fourth-order valence-corrected chi connectivity index (χ4v) is 1.09. The third kappa shape index (κ3) is 5.99. The first-order chi connectivity index (χ1) is 5.25. The van der Waals surface area contributed by atoms with Crippen LogP contribution in [0.15, 0.2) is 0 Å². The van der Waals surface area contributed by atoms with Crippen LogP contribution in [0.4, 0.5) is 0 Å². The number of hydrogen-bond donors (Lipinski definition) is 3. The van der Waals surface area contributed by atoms with Gasteiger partial charge in [-0.3, -0.25) is 14.1 Å². The Labute approximate surface area is 97.3 Å². The summed E-state index contributed by atoms with van der Waals surface area (Å²) in [6.45, 7) is 0. The number of hydrogen-bond acceptors (Lipinski definition) is 4. The summed E-state index contributed by atoms with van der Waals surface area (Å²) in [6, 6.07) is 0. The summed E-state index contributed by atoms with van der Waals surface area (Å²) >= 11 is 0. The maximum Gasteiger partial charge on any atom is 1.00 e. The van der Waals surface area contributed by atoms with Gasteiger partial charge >= 0.3 is 41.5 Å². The summed E-state index contributed by atoms with van der Waals surface area (Å²) in [4.78, 5) is 20.0. The quantitative estimate of drug-likeness (QED) is 0.326. The van der Waals surface area contributed by atoms with Crippen LogP contribution >= 0.6 is 0 Å². The maximum absolute atomic E-state index is 10.2. The molecule has 1 atom stereocenters. The van der Waals surface area contributed by atoms with Crippen LogP contribution < -0.4 is 29.6 Å². The van der Waals surface area contributed by atoms with Crippen molar-refractivity contribution in [2.75, 3.05) is 0 Å². The van der Waals surface area contributed by atoms with E-state index in [1.165, 1.54) is 0 Å². The molecule has 0 spiro atoms. The minimum absolute atomic E-state index is 0. The molecule has 1 unspecified atom stereocenters. The van der Waals surface area contributed by atoms with Crippen molar-refractivity contribution in [3.8, 4) is 0 Å². The first-order valence-corrected chi connectivity index (χ1v) is 4.16. The van der Waals surface area contributed by atoms with Gasteiger partial charge in [0, 0.05) is 0 Å². The predicted octanol–water partition coefficient (Wildman–Crippen LogP) is -4.08. The van der Waals surface area contributed by atoms with Crippen LogP contribution in [0.1, 0.15) is 7.85 Å². The SMILES string of the molecule is O=C(O)CC(C(=O)O)S(=O)(=O)O.[H-].[Na+]. The number of aliphatic carboxylic acids is 2. The molecule has 0 heterocycles. The van der Waals surface area contributed by atoms with E-state index in [0.717, 1.165) is 0 Å². The Balaban J connectivity index is -0.000000605. The molecule has 0 aliphatic heterocycles. The van der Waals surface area contributed by atoms with Gasteiger partial charge in [0.1, 0.15) is 0 Å². The first kappa shape index (κ1) is 15.3. The van der Waals surface area contributed by atoms with Gasteiger partial charge in [-0.05, 0) is 0 Å². The molecule has 0 aromatic rings. The standard InChI is InChI=1S/C4H6O7S.Na.H/c5-3(6)1-2(4(7)8)12(9,10)11;;/h2H,1H2,(H,5,6)(H,7,8)(H,9,10,11);;/q;+1;-1. The molecule has 0 aromatic carbocycles. The topological polar surface area (TPSA) is 129 Å². The molecule has 9 heteroatoms. The second kappa shape index (κ2) is 5.55. The number of rotatable bonds is 4. The molecular weight excluding hydrogens is 215 g/mol. The molecule has 0 bridgehead atoms. The summed E-state index contributed by atoms with van der Waals surface area (Å²) < 4.78 is 28.7. The normalized spacial score (nSPS) is 12.7. The van der Waals surface area contributed by atoms with Crippen molar-refractivity contribution in [1.29, 1.82) is 0 Å². The number of carboxylic acid groups (broad SMARTS) is 2. The smallest absolute Gasteiger partial charge is 1.00 e. The molecule has 0 aliphatic carbocycles. The van der Waals surface area contributed by atoms with Crippen LogP contribution in [0.5, 0.6) is 0 Å². The molecule has 13 heavy (non-hydrogen) atoms. The van der Waals surface area contributed by atoms with Gasteiger partial charge in [0.25, 0.3) is 10.1 Å². The third-order valence-corrected chi connectivity index (χ3v) is 2.08. The molecule has 0 aliphatic rings. The Bertz CT molecular complexity index is 299. The Morgan fingerprint density at radius 1 is 1.31 bits per heavy atom. The van der Waals surface area contributed by atoms with Crippen LogP contribution in [0, 0.1) is 0 Å². The average molecular weight is 222 g/mol. The van der Waals surface area contributed by atoms with E-state index in [4.69, 9.17) is 14.8 Å². The predicted molar refractivity (Wildman–Crippen MR) is 36.3 cm³/mol. The summed E-state index contributed by atoms with van der Waals surface area (Å²) in [7, 11) is -4.84. The summed E-state index contributed by atoms with van der Waals surface area (Å²) in [5, 5.41) is 13.9. The Hall–Kier alpha value is -0.150. The Morgan fingerprint density at radius 3 is 1.77 bits per heavy atom. The monoisotopic (exact) mass is 222 g/mol. The zero-order valence-electron chi connectivity index (χ0n) is 7.67. The third-order valence-electron chi connectivity index (χ3n) is 0.995. The van der Waals surface area contributed by atoms with Crippen LogP contribution in [-0.4, -0.2) is 40.4 Å². The largest absolute Gasteiger partial charge is 1.00 e. The van der Waals surface area contributed by atoms with Gasteiger partial charge in [-0.15, -0.1) is 0 Å². The average Bonchev–Trinajstić information content (AvgIpc) is 1.79. The number of carbonyl (C=O) groups is 2. The molecule has 3 N–H and O–H groups in total. The van der Waals surface area contributed by atoms with Crippen LogP contribution in [0.25, 0.3) is 0 Å². The van der Waals surface area contributed by atoms with E-state index in [2.05, 4.69) is 0 Å². The van der Waals surface area contributed by atoms with E-state index < -0.39 is 33.7 Å². The van der Waals surface area contributed by atoms with Crippen molar-refractivity contribution in [1.82, 2.24) is 0 Å². The molecule has 0 aromatic heterocycles. The Kier molecular flexibility index (Phi) is 6.55. The molecule has 0 saturated carbocycles. The van der Waals surface area contributed by atoms with Gasteiger partial charge in [0.05, 0.1) is 6.42 Å². The second-order valence-electron chi connectivity index (χ2n) is 1.94. The van der Waals surface area contributed by atoms with Gasteiger partial charge in [-0.25, -0.2) is 0 Å². The van der Waals surface area contributed by atoms with Crippen molar-refractivity contribution >= 4 is 22.1 Å². The van der Waals surface area contributed by atoms with E-state index in [-0.39, 0.29) is 31.0 Å². The van der Waals surface area contributed by atoms with Crippen molar-refractivity contribution in [2.24, 2.45) is 0 Å². The van der Waals surface area contributed by atoms with Gasteiger partial charge in [0.2, 0.25) is 0 Å². The van der Waals surface area contributed by atoms with Crippen molar-refractivity contribution < 1.29 is 63.8 Å². The van der Waals surface area contributed by atoms with E-state index in [1.54, 1.807) is 0 Å². The zero-order valence-corrected chi connectivity index (χ0v) is 9.48. The molecule has 0 amide bonds. The van der Waals surface area contributed by atoms with Gasteiger partial charge < -0.3 is 11.6 Å². The van der Waals surface area contributed by atoms with Crippen LogP contribution in [0.2, 0.25) is 0 Å². The molecule has 7 nitrogen and oxygen atoms in total. The molecule has 0 rings (SSSR count).